The van der Waals surface area contributed by atoms with Gasteiger partial charge >= 0.3 is 12.1 Å². The Balaban J connectivity index is 1.39. The second kappa shape index (κ2) is 11.3. The van der Waals surface area contributed by atoms with E-state index in [-0.39, 0.29) is 38.0 Å². The van der Waals surface area contributed by atoms with Crippen LogP contribution in [0.25, 0.3) is 11.1 Å². The number of carboxylic acid groups (broad SMARTS) is 1. The maximum Gasteiger partial charge on any atom is 0.407 e. The van der Waals surface area contributed by atoms with Gasteiger partial charge in [-0.2, -0.15) is 0 Å². The maximum absolute atomic E-state index is 13.0. The van der Waals surface area contributed by atoms with Crippen molar-refractivity contribution in [3.8, 4) is 11.1 Å². The lowest BCUT2D eigenvalue weighted by Gasteiger charge is -2.29. The highest BCUT2D eigenvalue weighted by atomic mass is 16.6. The summed E-state index contributed by atoms with van der Waals surface area (Å²) >= 11 is 0. The number of nitrogens with zero attached hydrogens (tertiary/aromatic N) is 1. The van der Waals surface area contributed by atoms with E-state index in [0.717, 1.165) is 22.3 Å². The minimum absolute atomic E-state index is 0.0509. The van der Waals surface area contributed by atoms with Crippen LogP contribution in [0.1, 0.15) is 29.9 Å². The van der Waals surface area contributed by atoms with Crippen molar-refractivity contribution in [2.75, 3.05) is 40.0 Å². The van der Waals surface area contributed by atoms with Crippen LogP contribution in [0.3, 0.4) is 0 Å². The number of fused-ring (bicyclic) bond motifs is 3. The average Bonchev–Trinajstić information content (AvgIpc) is 3.19. The third-order valence-corrected chi connectivity index (χ3v) is 6.32. The number of carboxylic acids is 1. The number of likely N-dealkylation sites (N-methyl/N-ethyl adjacent to an activating group) is 1. The summed E-state index contributed by atoms with van der Waals surface area (Å²) in [6.45, 7) is 1.71. The molecule has 186 valence electrons. The van der Waals surface area contributed by atoms with Crippen LogP contribution in [-0.2, 0) is 23.8 Å². The van der Waals surface area contributed by atoms with Crippen molar-refractivity contribution in [2.24, 2.45) is 0 Å². The predicted octanol–water partition coefficient (Wildman–Crippen LogP) is 2.63. The van der Waals surface area contributed by atoms with E-state index in [2.05, 4.69) is 5.32 Å². The highest BCUT2D eigenvalue weighted by Crippen LogP contribution is 2.44. The maximum atomic E-state index is 13.0. The van der Waals surface area contributed by atoms with E-state index >= 15 is 0 Å². The first kappa shape index (κ1) is 24.7. The molecular formula is C26H30N2O7. The molecule has 1 saturated heterocycles. The van der Waals surface area contributed by atoms with Crippen molar-refractivity contribution in [2.45, 2.75) is 30.9 Å². The first-order valence-corrected chi connectivity index (χ1v) is 11.7. The van der Waals surface area contributed by atoms with Crippen molar-refractivity contribution in [1.82, 2.24) is 10.2 Å². The minimum Gasteiger partial charge on any atom is -0.481 e. The smallest absolute Gasteiger partial charge is 0.407 e. The lowest BCUT2D eigenvalue weighted by molar-refractivity contribution is -0.139. The Kier molecular flexibility index (Phi) is 7.99. The van der Waals surface area contributed by atoms with Gasteiger partial charge in [0.1, 0.15) is 12.6 Å². The normalized spacial score (nSPS) is 17.7. The molecular weight excluding hydrogens is 452 g/mol. The van der Waals surface area contributed by atoms with Gasteiger partial charge in [-0.1, -0.05) is 48.5 Å². The van der Waals surface area contributed by atoms with E-state index in [1.165, 1.54) is 4.90 Å². The molecule has 1 aliphatic heterocycles. The van der Waals surface area contributed by atoms with Crippen LogP contribution < -0.4 is 5.32 Å². The molecule has 2 aromatic carbocycles. The lowest BCUT2D eigenvalue weighted by Crippen LogP contribution is -2.50. The van der Waals surface area contributed by atoms with E-state index in [0.29, 0.717) is 19.8 Å². The molecule has 2 atom stereocenters. The Morgan fingerprint density at radius 1 is 1.09 bits per heavy atom. The monoisotopic (exact) mass is 482 g/mol. The van der Waals surface area contributed by atoms with E-state index in [4.69, 9.17) is 19.3 Å². The van der Waals surface area contributed by atoms with Crippen LogP contribution in [0.4, 0.5) is 4.79 Å². The Morgan fingerprint density at radius 2 is 1.74 bits per heavy atom. The number of nitrogens with one attached hydrogen (secondary N) is 1. The van der Waals surface area contributed by atoms with Gasteiger partial charge in [-0.15, -0.1) is 0 Å². The van der Waals surface area contributed by atoms with Crippen LogP contribution >= 0.6 is 0 Å². The zero-order valence-corrected chi connectivity index (χ0v) is 19.6. The molecule has 0 spiro atoms. The fourth-order valence-corrected chi connectivity index (χ4v) is 4.61. The van der Waals surface area contributed by atoms with Gasteiger partial charge in [0, 0.05) is 25.9 Å². The molecule has 1 fully saturated rings. The molecule has 2 N–H and O–H groups in total. The molecule has 1 heterocycles. The summed E-state index contributed by atoms with van der Waals surface area (Å²) in [4.78, 5) is 38.3. The molecule has 9 nitrogen and oxygen atoms in total. The SMILES string of the molecule is CN(CC1COCCO1)C(=O)C(CCC(=O)O)NC(=O)OCC1c2ccccc2-c2ccccc21. The van der Waals surface area contributed by atoms with Gasteiger partial charge in [-0.05, 0) is 28.7 Å². The molecule has 2 unspecified atom stereocenters. The lowest BCUT2D eigenvalue weighted by atomic mass is 9.98. The Labute approximate surface area is 204 Å². The first-order valence-electron chi connectivity index (χ1n) is 11.7. The number of amides is 2. The van der Waals surface area contributed by atoms with Gasteiger partial charge in [-0.3, -0.25) is 9.59 Å². The Bertz CT molecular complexity index is 1020. The topological polar surface area (TPSA) is 114 Å². The summed E-state index contributed by atoms with van der Waals surface area (Å²) in [6, 6.07) is 15.0. The second-order valence-electron chi connectivity index (χ2n) is 8.74. The molecule has 0 bridgehead atoms. The molecule has 4 rings (SSSR count). The van der Waals surface area contributed by atoms with Gasteiger partial charge in [-0.25, -0.2) is 4.79 Å². The summed E-state index contributed by atoms with van der Waals surface area (Å²) in [6.07, 6.45) is -1.35. The molecule has 2 aromatic rings. The summed E-state index contributed by atoms with van der Waals surface area (Å²) in [7, 11) is 1.59. The van der Waals surface area contributed by atoms with E-state index in [9.17, 15) is 14.4 Å². The van der Waals surface area contributed by atoms with Gasteiger partial charge in [0.05, 0.1) is 25.9 Å². The molecule has 2 aliphatic rings. The van der Waals surface area contributed by atoms with Gasteiger partial charge in [0.15, 0.2) is 0 Å². The Morgan fingerprint density at radius 3 is 2.34 bits per heavy atom. The highest BCUT2D eigenvalue weighted by Gasteiger charge is 2.31. The molecule has 9 heteroatoms. The van der Waals surface area contributed by atoms with E-state index < -0.39 is 24.0 Å². The van der Waals surface area contributed by atoms with E-state index in [1.54, 1.807) is 7.05 Å². The average molecular weight is 483 g/mol. The van der Waals surface area contributed by atoms with Crippen LogP contribution in [-0.4, -0.2) is 80.1 Å². The summed E-state index contributed by atoms with van der Waals surface area (Å²) in [5, 5.41) is 11.7. The number of aliphatic carboxylic acids is 1. The second-order valence-corrected chi connectivity index (χ2v) is 8.74. The predicted molar refractivity (Wildman–Crippen MR) is 127 cm³/mol. The van der Waals surface area contributed by atoms with Crippen LogP contribution in [0, 0.1) is 0 Å². The summed E-state index contributed by atoms with van der Waals surface area (Å²) in [5.41, 5.74) is 4.38. The third-order valence-electron chi connectivity index (χ3n) is 6.32. The molecule has 0 saturated carbocycles. The van der Waals surface area contributed by atoms with Crippen LogP contribution in [0.5, 0.6) is 0 Å². The van der Waals surface area contributed by atoms with Gasteiger partial charge < -0.3 is 29.5 Å². The molecule has 1 aliphatic carbocycles. The summed E-state index contributed by atoms with van der Waals surface area (Å²) in [5.74, 6) is -1.58. The number of benzene rings is 2. The fraction of sp³-hybridized carbons (Fsp3) is 0.423. The summed E-state index contributed by atoms with van der Waals surface area (Å²) < 4.78 is 16.5. The zero-order valence-electron chi connectivity index (χ0n) is 19.6. The van der Waals surface area contributed by atoms with Crippen LogP contribution in [0.2, 0.25) is 0 Å². The van der Waals surface area contributed by atoms with Crippen LogP contribution in [0.15, 0.2) is 48.5 Å². The van der Waals surface area contributed by atoms with Gasteiger partial charge in [0.25, 0.3) is 0 Å². The third kappa shape index (κ3) is 5.98. The first-order chi connectivity index (χ1) is 16.9. The molecule has 2 amide bonds. The number of ether oxygens (including phenoxy) is 3. The van der Waals surface area contributed by atoms with Crippen molar-refractivity contribution < 1.29 is 33.7 Å². The van der Waals surface area contributed by atoms with Crippen molar-refractivity contribution >= 4 is 18.0 Å². The highest BCUT2D eigenvalue weighted by molar-refractivity contribution is 5.86. The number of carbonyl (C=O) groups excluding carboxylic acids is 2. The number of rotatable bonds is 9. The zero-order chi connectivity index (χ0) is 24.8. The quantitative estimate of drug-likeness (QED) is 0.565. The standard InChI is InChI=1S/C26H30N2O7/c1-28(14-17-15-33-12-13-34-17)25(31)23(10-11-24(29)30)27-26(32)35-16-22-20-8-4-2-6-18(20)19-7-3-5-9-21(19)22/h2-9,17,22-23H,10-16H2,1H3,(H,27,32)(H,29,30). The molecule has 35 heavy (non-hydrogen) atoms. The number of hydrogen-bond donors (Lipinski definition) is 2. The number of alkyl carbamates (subject to hydrolysis) is 1. The molecule has 0 aromatic heterocycles. The van der Waals surface area contributed by atoms with Crippen molar-refractivity contribution in [3.63, 3.8) is 0 Å². The van der Waals surface area contributed by atoms with Crippen molar-refractivity contribution in [1.29, 1.82) is 0 Å². The van der Waals surface area contributed by atoms with E-state index in [1.807, 2.05) is 48.5 Å². The van der Waals surface area contributed by atoms with Crippen molar-refractivity contribution in [3.05, 3.63) is 59.7 Å². The minimum atomic E-state index is -1.05. The number of hydrogen-bond acceptors (Lipinski definition) is 6. The number of carbonyl (C=O) groups is 3. The fourth-order valence-electron chi connectivity index (χ4n) is 4.61. The Hall–Kier alpha value is -3.43. The molecule has 0 radical (unpaired) electrons. The van der Waals surface area contributed by atoms with Gasteiger partial charge in [0.2, 0.25) is 5.91 Å². The largest absolute Gasteiger partial charge is 0.481 e.